The van der Waals surface area contributed by atoms with Gasteiger partial charge in [-0.3, -0.25) is 9.59 Å². The second-order valence-electron chi connectivity index (χ2n) is 6.59. The zero-order chi connectivity index (χ0) is 21.3. The SMILES string of the molecule is NC(=O)c1cc(NC(=O)c2cc(-c3ccc(F)cc3)nc3ccccc23)ccc1F. The molecule has 5 nitrogen and oxygen atoms in total. The standard InChI is InChI=1S/C23H15F2N3O2/c24-14-7-5-13(6-8-14)21-12-17(16-3-1-2-4-20(16)28-21)23(30)27-15-9-10-19(25)18(11-15)22(26)29/h1-12H,(H2,26,29)(H,27,30). The smallest absolute Gasteiger partial charge is 0.256 e. The number of nitrogens with zero attached hydrogens (tertiary/aromatic N) is 1. The molecule has 0 bridgehead atoms. The molecule has 30 heavy (non-hydrogen) atoms. The van der Waals surface area contributed by atoms with Gasteiger partial charge in [-0.15, -0.1) is 0 Å². The number of hydrogen-bond acceptors (Lipinski definition) is 3. The predicted molar refractivity (Wildman–Crippen MR) is 110 cm³/mol. The van der Waals surface area contributed by atoms with E-state index in [2.05, 4.69) is 10.3 Å². The number of amides is 2. The number of carbonyl (C=O) groups excluding carboxylic acids is 2. The summed E-state index contributed by atoms with van der Waals surface area (Å²) >= 11 is 0. The largest absolute Gasteiger partial charge is 0.366 e. The van der Waals surface area contributed by atoms with E-state index in [0.717, 1.165) is 6.07 Å². The molecule has 1 heterocycles. The van der Waals surface area contributed by atoms with Gasteiger partial charge in [-0.2, -0.15) is 0 Å². The van der Waals surface area contributed by atoms with Gasteiger partial charge >= 0.3 is 0 Å². The van der Waals surface area contributed by atoms with Crippen LogP contribution in [0.25, 0.3) is 22.2 Å². The van der Waals surface area contributed by atoms with Crippen molar-refractivity contribution in [2.24, 2.45) is 5.73 Å². The van der Waals surface area contributed by atoms with Crippen LogP contribution in [0.5, 0.6) is 0 Å². The molecule has 4 aromatic rings. The van der Waals surface area contributed by atoms with Crippen LogP contribution in [0.15, 0.2) is 72.8 Å². The molecule has 7 heteroatoms. The van der Waals surface area contributed by atoms with Crippen LogP contribution >= 0.6 is 0 Å². The summed E-state index contributed by atoms with van der Waals surface area (Å²) in [5, 5.41) is 3.27. The summed E-state index contributed by atoms with van der Waals surface area (Å²) < 4.78 is 27.0. The van der Waals surface area contributed by atoms with E-state index in [9.17, 15) is 18.4 Å². The Balaban J connectivity index is 1.77. The molecule has 0 aliphatic heterocycles. The molecular weight excluding hydrogens is 388 g/mol. The average Bonchev–Trinajstić information content (AvgIpc) is 2.74. The van der Waals surface area contributed by atoms with Gasteiger partial charge in [-0.25, -0.2) is 13.8 Å². The number of halogens is 2. The lowest BCUT2D eigenvalue weighted by molar-refractivity contribution is 0.0992. The molecule has 0 spiro atoms. The topological polar surface area (TPSA) is 85.1 Å². The van der Waals surface area contributed by atoms with Gasteiger partial charge in [0.05, 0.1) is 22.3 Å². The highest BCUT2D eigenvalue weighted by Crippen LogP contribution is 2.26. The number of nitrogens with two attached hydrogens (primary N) is 1. The van der Waals surface area contributed by atoms with Crippen LogP contribution in [0.1, 0.15) is 20.7 Å². The van der Waals surface area contributed by atoms with Crippen molar-refractivity contribution < 1.29 is 18.4 Å². The molecule has 3 aromatic carbocycles. The van der Waals surface area contributed by atoms with Crippen molar-refractivity contribution >= 4 is 28.4 Å². The quantitative estimate of drug-likeness (QED) is 0.525. The maximum absolute atomic E-state index is 13.7. The van der Waals surface area contributed by atoms with E-state index in [1.807, 2.05) is 0 Å². The van der Waals surface area contributed by atoms with E-state index in [1.165, 1.54) is 24.3 Å². The summed E-state index contributed by atoms with van der Waals surface area (Å²) in [6, 6.07) is 18.1. The third kappa shape index (κ3) is 3.73. The van der Waals surface area contributed by atoms with E-state index < -0.39 is 17.6 Å². The van der Waals surface area contributed by atoms with E-state index in [4.69, 9.17) is 5.73 Å². The minimum absolute atomic E-state index is 0.222. The first kappa shape index (κ1) is 19.2. The maximum atomic E-state index is 13.7. The lowest BCUT2D eigenvalue weighted by atomic mass is 10.0. The molecule has 4 rings (SSSR count). The Bertz CT molecular complexity index is 1290. The lowest BCUT2D eigenvalue weighted by Gasteiger charge is -2.11. The molecule has 0 aliphatic rings. The first-order chi connectivity index (χ1) is 14.4. The molecule has 0 saturated carbocycles. The first-order valence-electron chi connectivity index (χ1n) is 8.99. The van der Waals surface area contributed by atoms with E-state index in [1.54, 1.807) is 42.5 Å². The van der Waals surface area contributed by atoms with Crippen LogP contribution in [-0.4, -0.2) is 16.8 Å². The number of carbonyl (C=O) groups is 2. The molecule has 1 aromatic heterocycles. The average molecular weight is 403 g/mol. The number of hydrogen-bond donors (Lipinski definition) is 2. The molecule has 0 radical (unpaired) electrons. The van der Waals surface area contributed by atoms with Gasteiger partial charge in [0.15, 0.2) is 0 Å². The van der Waals surface area contributed by atoms with Crippen molar-refractivity contribution in [2.75, 3.05) is 5.32 Å². The minimum atomic E-state index is -0.934. The fourth-order valence-corrected chi connectivity index (χ4v) is 3.12. The van der Waals surface area contributed by atoms with Crippen molar-refractivity contribution in [2.45, 2.75) is 0 Å². The number of fused-ring (bicyclic) bond motifs is 1. The van der Waals surface area contributed by atoms with Crippen molar-refractivity contribution in [1.82, 2.24) is 4.98 Å². The Morgan fingerprint density at radius 2 is 1.60 bits per heavy atom. The van der Waals surface area contributed by atoms with E-state index in [0.29, 0.717) is 27.7 Å². The molecule has 0 fully saturated rings. The molecule has 0 unspecified atom stereocenters. The van der Waals surface area contributed by atoms with Gasteiger partial charge in [0.2, 0.25) is 0 Å². The normalized spacial score (nSPS) is 10.7. The summed E-state index contributed by atoms with van der Waals surface area (Å²) in [7, 11) is 0. The number of rotatable bonds is 4. The van der Waals surface area contributed by atoms with Gasteiger partial charge < -0.3 is 11.1 Å². The number of primary amides is 1. The van der Waals surface area contributed by atoms with Crippen molar-refractivity contribution in [3.05, 3.63) is 95.6 Å². The van der Waals surface area contributed by atoms with Crippen molar-refractivity contribution in [1.29, 1.82) is 0 Å². The predicted octanol–water partition coefficient (Wildman–Crippen LogP) is 4.53. The monoisotopic (exact) mass is 403 g/mol. The maximum Gasteiger partial charge on any atom is 0.256 e. The molecule has 0 atom stereocenters. The fourth-order valence-electron chi connectivity index (χ4n) is 3.12. The molecule has 0 aliphatic carbocycles. The Morgan fingerprint density at radius 3 is 2.33 bits per heavy atom. The highest BCUT2D eigenvalue weighted by atomic mass is 19.1. The third-order valence-electron chi connectivity index (χ3n) is 4.59. The number of aromatic nitrogens is 1. The number of pyridine rings is 1. The Labute approximate surface area is 170 Å². The molecule has 0 saturated heterocycles. The summed E-state index contributed by atoms with van der Waals surface area (Å²) in [6.45, 7) is 0. The van der Waals surface area contributed by atoms with Gasteiger partial charge in [0.25, 0.3) is 11.8 Å². The molecule has 3 N–H and O–H groups in total. The first-order valence-corrected chi connectivity index (χ1v) is 8.99. The summed E-state index contributed by atoms with van der Waals surface area (Å²) in [5.74, 6) is -2.55. The zero-order valence-electron chi connectivity index (χ0n) is 15.5. The Hall–Kier alpha value is -4.13. The highest BCUT2D eigenvalue weighted by molar-refractivity contribution is 6.13. The van der Waals surface area contributed by atoms with Gasteiger partial charge in [0.1, 0.15) is 11.6 Å². The van der Waals surface area contributed by atoms with Crippen LogP contribution in [0.4, 0.5) is 14.5 Å². The summed E-state index contributed by atoms with van der Waals surface area (Å²) in [4.78, 5) is 28.9. The fraction of sp³-hybridized carbons (Fsp3) is 0. The van der Waals surface area contributed by atoms with Crippen LogP contribution < -0.4 is 11.1 Å². The highest BCUT2D eigenvalue weighted by Gasteiger charge is 2.16. The van der Waals surface area contributed by atoms with Gasteiger partial charge in [-0.1, -0.05) is 18.2 Å². The van der Waals surface area contributed by atoms with Crippen LogP contribution in [0, 0.1) is 11.6 Å². The van der Waals surface area contributed by atoms with Gasteiger partial charge in [0, 0.05) is 16.6 Å². The molecule has 2 amide bonds. The van der Waals surface area contributed by atoms with Crippen LogP contribution in [0.3, 0.4) is 0 Å². The summed E-state index contributed by atoms with van der Waals surface area (Å²) in [5.41, 5.74) is 7.12. The van der Waals surface area contributed by atoms with E-state index >= 15 is 0 Å². The van der Waals surface area contributed by atoms with E-state index in [-0.39, 0.29) is 17.1 Å². The molecule has 148 valence electrons. The number of anilines is 1. The van der Waals surface area contributed by atoms with Crippen molar-refractivity contribution in [3.8, 4) is 11.3 Å². The van der Waals surface area contributed by atoms with Crippen LogP contribution in [-0.2, 0) is 0 Å². The van der Waals surface area contributed by atoms with Crippen LogP contribution in [0.2, 0.25) is 0 Å². The second kappa shape index (κ2) is 7.71. The summed E-state index contributed by atoms with van der Waals surface area (Å²) in [6.07, 6.45) is 0. The third-order valence-corrected chi connectivity index (χ3v) is 4.59. The number of para-hydroxylation sites is 1. The Kier molecular flexibility index (Phi) is 4.93. The van der Waals surface area contributed by atoms with Crippen molar-refractivity contribution in [3.63, 3.8) is 0 Å². The zero-order valence-corrected chi connectivity index (χ0v) is 15.5. The second-order valence-corrected chi connectivity index (χ2v) is 6.59. The lowest BCUT2D eigenvalue weighted by Crippen LogP contribution is -2.16. The Morgan fingerprint density at radius 1 is 0.867 bits per heavy atom. The molecular formula is C23H15F2N3O2. The number of nitrogens with one attached hydrogen (secondary N) is 1. The van der Waals surface area contributed by atoms with Gasteiger partial charge in [-0.05, 0) is 54.6 Å². The minimum Gasteiger partial charge on any atom is -0.366 e. The number of benzene rings is 3.